The molecule has 154 valence electrons. The topological polar surface area (TPSA) is 84.9 Å². The number of ether oxygens (including phenoxy) is 2. The number of aromatic nitrogens is 2. The molecule has 9 heteroatoms. The normalized spacial score (nSPS) is 19.7. The van der Waals surface area contributed by atoms with E-state index in [4.69, 9.17) is 9.47 Å². The summed E-state index contributed by atoms with van der Waals surface area (Å²) in [5.74, 6) is 1.94. The van der Waals surface area contributed by atoms with Crippen molar-refractivity contribution in [3.05, 3.63) is 35.5 Å². The molecule has 0 spiro atoms. The molecule has 0 N–H and O–H groups in total. The predicted octanol–water partition coefficient (Wildman–Crippen LogP) is 1.64. The van der Waals surface area contributed by atoms with Crippen LogP contribution in [0.1, 0.15) is 24.1 Å². The van der Waals surface area contributed by atoms with Crippen molar-refractivity contribution in [3.63, 3.8) is 0 Å². The van der Waals surface area contributed by atoms with Gasteiger partial charge in [0, 0.05) is 38.7 Å². The van der Waals surface area contributed by atoms with Crippen molar-refractivity contribution in [3.8, 4) is 11.5 Å². The molecule has 2 aromatic rings. The summed E-state index contributed by atoms with van der Waals surface area (Å²) in [5, 5.41) is 8.70. The Morgan fingerprint density at radius 3 is 2.48 bits per heavy atom. The molecule has 2 aliphatic heterocycles. The van der Waals surface area contributed by atoms with E-state index in [0.717, 1.165) is 37.2 Å². The number of fused-ring (bicyclic) bond motifs is 2. The van der Waals surface area contributed by atoms with Gasteiger partial charge < -0.3 is 14.4 Å². The summed E-state index contributed by atoms with van der Waals surface area (Å²) in [6.07, 6.45) is 3.97. The molecule has 0 unspecified atom stereocenters. The van der Waals surface area contributed by atoms with Gasteiger partial charge in [-0.1, -0.05) is 0 Å². The van der Waals surface area contributed by atoms with Crippen LogP contribution in [0.5, 0.6) is 11.5 Å². The van der Waals surface area contributed by atoms with Crippen molar-refractivity contribution in [1.82, 2.24) is 14.5 Å². The lowest BCUT2D eigenvalue weighted by molar-refractivity contribution is 0.296. The average molecular weight is 417 g/mol. The van der Waals surface area contributed by atoms with Crippen molar-refractivity contribution in [2.75, 3.05) is 44.3 Å². The van der Waals surface area contributed by atoms with E-state index < -0.39 is 10.0 Å². The number of sulfonamides is 1. The lowest BCUT2D eigenvalue weighted by atomic mass is 10.2. The molecule has 1 fully saturated rings. The van der Waals surface area contributed by atoms with Crippen LogP contribution in [-0.2, 0) is 22.9 Å². The van der Waals surface area contributed by atoms with E-state index in [-0.39, 0.29) is 4.90 Å². The van der Waals surface area contributed by atoms with Gasteiger partial charge in [-0.2, -0.15) is 9.40 Å². The minimum atomic E-state index is -3.59. The molecule has 0 saturated carbocycles. The fourth-order valence-corrected chi connectivity index (χ4v) is 5.52. The van der Waals surface area contributed by atoms with E-state index in [1.807, 2.05) is 0 Å². The van der Waals surface area contributed by atoms with Crippen molar-refractivity contribution >= 4 is 15.8 Å². The van der Waals surface area contributed by atoms with Crippen molar-refractivity contribution in [2.45, 2.75) is 30.6 Å². The monoisotopic (exact) mass is 416 g/mol. The third-order valence-corrected chi connectivity index (χ3v) is 7.62. The van der Waals surface area contributed by atoms with Crippen LogP contribution in [-0.4, -0.2) is 62.3 Å². The number of hydrogen-bond donors (Lipinski definition) is 0. The van der Waals surface area contributed by atoms with E-state index in [1.54, 1.807) is 18.2 Å². The van der Waals surface area contributed by atoms with Crippen LogP contribution < -0.4 is 14.4 Å². The Balaban J connectivity index is 1.30. The summed E-state index contributed by atoms with van der Waals surface area (Å²) >= 11 is 0. The highest BCUT2D eigenvalue weighted by Crippen LogP contribution is 2.33. The maximum absolute atomic E-state index is 13.1. The van der Waals surface area contributed by atoms with Gasteiger partial charge in [0.15, 0.2) is 17.3 Å². The number of hydrogen-bond acceptors (Lipinski definition) is 7. The summed E-state index contributed by atoms with van der Waals surface area (Å²) in [5.41, 5.74) is 2.38. The Morgan fingerprint density at radius 1 is 0.862 bits per heavy atom. The van der Waals surface area contributed by atoms with Gasteiger partial charge >= 0.3 is 0 Å². The molecule has 3 heterocycles. The molecule has 1 aliphatic carbocycles. The maximum atomic E-state index is 13.1. The average Bonchev–Trinajstić information content (AvgIpc) is 3.09. The second kappa shape index (κ2) is 7.46. The number of benzene rings is 1. The number of nitrogens with zero attached hydrogens (tertiary/aromatic N) is 4. The number of aryl methyl sites for hydroxylation is 2. The SMILES string of the molecule is O=S(=O)(c1ccc2c(c1)OCCCO2)N1CCN(c2cc3c(nn2)CCC3)CC1. The molecule has 0 radical (unpaired) electrons. The quantitative estimate of drug-likeness (QED) is 0.752. The fraction of sp³-hybridized carbons (Fsp3) is 0.500. The summed E-state index contributed by atoms with van der Waals surface area (Å²) in [6.45, 7) is 3.11. The molecule has 1 aromatic heterocycles. The Bertz CT molecular complexity index is 1020. The fourth-order valence-electron chi connectivity index (χ4n) is 4.08. The minimum absolute atomic E-state index is 0.243. The smallest absolute Gasteiger partial charge is 0.243 e. The summed E-state index contributed by atoms with van der Waals surface area (Å²) < 4.78 is 39.1. The second-order valence-electron chi connectivity index (χ2n) is 7.58. The zero-order valence-corrected chi connectivity index (χ0v) is 17.0. The van der Waals surface area contributed by atoms with Crippen LogP contribution in [0.2, 0.25) is 0 Å². The maximum Gasteiger partial charge on any atom is 0.243 e. The Kier molecular flexibility index (Phi) is 4.79. The first-order valence-corrected chi connectivity index (χ1v) is 11.6. The van der Waals surface area contributed by atoms with Crippen LogP contribution in [0, 0.1) is 0 Å². The third kappa shape index (κ3) is 3.53. The second-order valence-corrected chi connectivity index (χ2v) is 9.52. The van der Waals surface area contributed by atoms with Gasteiger partial charge in [-0.25, -0.2) is 8.42 Å². The number of rotatable bonds is 3. The molecule has 3 aliphatic rings. The van der Waals surface area contributed by atoms with Gasteiger partial charge in [0.2, 0.25) is 10.0 Å². The molecule has 1 saturated heterocycles. The molecular weight excluding hydrogens is 392 g/mol. The molecule has 8 nitrogen and oxygen atoms in total. The van der Waals surface area contributed by atoms with Crippen LogP contribution >= 0.6 is 0 Å². The zero-order chi connectivity index (χ0) is 19.8. The lowest BCUT2D eigenvalue weighted by Crippen LogP contribution is -2.49. The standard InChI is InChI=1S/C20H24N4O4S/c25-29(26,16-5-6-18-19(14-16)28-12-2-11-27-18)24-9-7-23(8-10-24)20-13-15-3-1-4-17(15)21-22-20/h5-6,13-14H,1-4,7-12H2. The van der Waals surface area contributed by atoms with Crippen LogP contribution in [0.25, 0.3) is 0 Å². The lowest BCUT2D eigenvalue weighted by Gasteiger charge is -2.34. The molecule has 0 bridgehead atoms. The van der Waals surface area contributed by atoms with Gasteiger partial charge in [-0.05, 0) is 43.0 Å². The van der Waals surface area contributed by atoms with Gasteiger partial charge in [0.25, 0.3) is 0 Å². The number of piperazine rings is 1. The van der Waals surface area contributed by atoms with Gasteiger partial charge in [-0.15, -0.1) is 5.10 Å². The summed E-state index contributed by atoms with van der Waals surface area (Å²) in [6, 6.07) is 6.97. The first-order valence-electron chi connectivity index (χ1n) is 10.1. The van der Waals surface area contributed by atoms with E-state index in [9.17, 15) is 8.42 Å². The summed E-state index contributed by atoms with van der Waals surface area (Å²) in [7, 11) is -3.59. The highest BCUT2D eigenvalue weighted by molar-refractivity contribution is 7.89. The van der Waals surface area contributed by atoms with Crippen LogP contribution in [0.3, 0.4) is 0 Å². The molecule has 29 heavy (non-hydrogen) atoms. The first-order chi connectivity index (χ1) is 14.1. The third-order valence-electron chi connectivity index (χ3n) is 5.73. The summed E-state index contributed by atoms with van der Waals surface area (Å²) in [4.78, 5) is 2.36. The molecule has 0 amide bonds. The minimum Gasteiger partial charge on any atom is -0.490 e. The van der Waals surface area contributed by atoms with E-state index >= 15 is 0 Å². The van der Waals surface area contributed by atoms with Gasteiger partial charge in [0.05, 0.1) is 23.8 Å². The van der Waals surface area contributed by atoms with Crippen molar-refractivity contribution < 1.29 is 17.9 Å². The largest absolute Gasteiger partial charge is 0.490 e. The van der Waals surface area contributed by atoms with E-state index in [0.29, 0.717) is 50.9 Å². The Labute approximate surface area is 170 Å². The zero-order valence-electron chi connectivity index (χ0n) is 16.2. The molecule has 0 atom stereocenters. The molecular formula is C20H24N4O4S. The first kappa shape index (κ1) is 18.6. The molecule has 5 rings (SSSR count). The molecule has 1 aromatic carbocycles. The van der Waals surface area contributed by atoms with Crippen molar-refractivity contribution in [1.29, 1.82) is 0 Å². The van der Waals surface area contributed by atoms with Crippen LogP contribution in [0.4, 0.5) is 5.82 Å². The Morgan fingerprint density at radius 2 is 1.66 bits per heavy atom. The van der Waals surface area contributed by atoms with Gasteiger partial charge in [0.1, 0.15) is 0 Å². The van der Waals surface area contributed by atoms with Crippen LogP contribution in [0.15, 0.2) is 29.2 Å². The van der Waals surface area contributed by atoms with E-state index in [1.165, 1.54) is 9.87 Å². The van der Waals surface area contributed by atoms with Gasteiger partial charge in [-0.3, -0.25) is 0 Å². The van der Waals surface area contributed by atoms with E-state index in [2.05, 4.69) is 21.2 Å². The highest BCUT2D eigenvalue weighted by atomic mass is 32.2. The van der Waals surface area contributed by atoms with Crippen molar-refractivity contribution in [2.24, 2.45) is 0 Å². The Hall–Kier alpha value is -2.39. The highest BCUT2D eigenvalue weighted by Gasteiger charge is 2.30. The predicted molar refractivity (Wildman–Crippen MR) is 107 cm³/mol. The number of anilines is 1.